The molecule has 2 aromatic carbocycles. The zero-order chi connectivity index (χ0) is 30.6. The van der Waals surface area contributed by atoms with Gasteiger partial charge in [0.1, 0.15) is 28.5 Å². The highest BCUT2D eigenvalue weighted by atomic mass is 16.6. The molecule has 0 atom stereocenters. The number of fused-ring (bicyclic) bond motifs is 2. The third kappa shape index (κ3) is 5.51. The Balaban J connectivity index is 1.19. The highest BCUT2D eigenvalue weighted by molar-refractivity contribution is 5.94. The lowest BCUT2D eigenvalue weighted by Gasteiger charge is -2.53. The molecule has 0 N–H and O–H groups in total. The van der Waals surface area contributed by atoms with Crippen LogP contribution in [0, 0.1) is 12.3 Å². The van der Waals surface area contributed by atoms with Gasteiger partial charge >= 0.3 is 6.09 Å². The predicted molar refractivity (Wildman–Crippen MR) is 173 cm³/mol. The molecule has 0 saturated carbocycles. The number of carbonyl (C=O) groups excluding carboxylic acids is 1. The molecule has 1 spiro atoms. The van der Waals surface area contributed by atoms with Crippen molar-refractivity contribution in [2.75, 3.05) is 51.2 Å². The van der Waals surface area contributed by atoms with E-state index in [0.717, 1.165) is 110 Å². The van der Waals surface area contributed by atoms with E-state index < -0.39 is 5.60 Å². The van der Waals surface area contributed by atoms with E-state index in [1.165, 1.54) is 5.56 Å². The van der Waals surface area contributed by atoms with Gasteiger partial charge in [-0.1, -0.05) is 18.2 Å². The summed E-state index contributed by atoms with van der Waals surface area (Å²) in [4.78, 5) is 34.3. The molecule has 0 bridgehead atoms. The second-order valence-electron chi connectivity index (χ2n) is 14.3. The number of hydrogen-bond acceptors (Lipinski definition) is 8. The molecule has 0 radical (unpaired) electrons. The van der Waals surface area contributed by atoms with Gasteiger partial charge in [-0.3, -0.25) is 4.99 Å². The van der Waals surface area contributed by atoms with Crippen LogP contribution in [-0.2, 0) is 11.3 Å². The molecule has 4 aliphatic rings. The second kappa shape index (κ2) is 11.0. The van der Waals surface area contributed by atoms with Crippen molar-refractivity contribution in [3.05, 3.63) is 52.8 Å². The minimum atomic E-state index is -0.474. The molecule has 7 rings (SSSR count). The van der Waals surface area contributed by atoms with E-state index in [0.29, 0.717) is 12.5 Å². The summed E-state index contributed by atoms with van der Waals surface area (Å²) in [7, 11) is 2.19. The van der Waals surface area contributed by atoms with Gasteiger partial charge in [-0.15, -0.1) is 0 Å². The summed E-state index contributed by atoms with van der Waals surface area (Å²) in [6.45, 7) is 14.0. The topological polar surface area (TPSA) is 83.4 Å². The Bertz CT molecular complexity index is 1600. The van der Waals surface area contributed by atoms with E-state index in [2.05, 4.69) is 53.0 Å². The van der Waals surface area contributed by atoms with Gasteiger partial charge in [-0.2, -0.15) is 0 Å². The zero-order valence-corrected chi connectivity index (χ0v) is 26.7. The number of piperidine rings is 2. The number of hydrogen-bond donors (Lipinski definition) is 0. The van der Waals surface area contributed by atoms with Crippen molar-refractivity contribution in [1.29, 1.82) is 0 Å². The summed E-state index contributed by atoms with van der Waals surface area (Å²) < 4.78 is 12.4. The summed E-state index contributed by atoms with van der Waals surface area (Å²) in [6, 6.07) is 10.5. The lowest BCUT2D eigenvalue weighted by Crippen LogP contribution is -2.62. The largest absolute Gasteiger partial charge is 0.454 e. The molecule has 1 aromatic heterocycles. The number of aliphatic imine (C=N–C) groups is 1. The Hall–Kier alpha value is -3.72. The molecule has 3 fully saturated rings. The van der Waals surface area contributed by atoms with Crippen LogP contribution < -0.4 is 9.64 Å². The van der Waals surface area contributed by atoms with Crippen molar-refractivity contribution < 1.29 is 14.3 Å². The van der Waals surface area contributed by atoms with Gasteiger partial charge < -0.3 is 24.2 Å². The van der Waals surface area contributed by atoms with Gasteiger partial charge in [0, 0.05) is 54.7 Å². The van der Waals surface area contributed by atoms with Gasteiger partial charge in [0.25, 0.3) is 0 Å². The first-order valence-corrected chi connectivity index (χ1v) is 16.1. The number of rotatable bonds is 4. The third-order valence-corrected chi connectivity index (χ3v) is 9.78. The van der Waals surface area contributed by atoms with Crippen molar-refractivity contribution in [1.82, 2.24) is 19.8 Å². The molecule has 44 heavy (non-hydrogen) atoms. The zero-order valence-electron chi connectivity index (χ0n) is 26.7. The first-order chi connectivity index (χ1) is 21.1. The summed E-state index contributed by atoms with van der Waals surface area (Å²) in [6.07, 6.45) is 5.87. The number of carbonyl (C=O) groups is 1. The second-order valence-corrected chi connectivity index (χ2v) is 14.3. The van der Waals surface area contributed by atoms with E-state index >= 15 is 0 Å². The number of nitrogens with zero attached hydrogens (tertiary/aromatic N) is 6. The number of amides is 1. The molecule has 3 saturated heterocycles. The fraction of sp³-hybridized carbons (Fsp3) is 0.543. The van der Waals surface area contributed by atoms with E-state index in [4.69, 9.17) is 19.4 Å². The summed E-state index contributed by atoms with van der Waals surface area (Å²) >= 11 is 0. The average Bonchev–Trinajstić information content (AvgIpc) is 3.46. The first kappa shape index (κ1) is 29.0. The van der Waals surface area contributed by atoms with Gasteiger partial charge in [0.05, 0.1) is 6.54 Å². The van der Waals surface area contributed by atoms with Crippen LogP contribution in [0.15, 0.2) is 35.3 Å². The van der Waals surface area contributed by atoms with Crippen molar-refractivity contribution in [3.8, 4) is 11.5 Å². The van der Waals surface area contributed by atoms with Crippen LogP contribution in [0.25, 0.3) is 10.9 Å². The van der Waals surface area contributed by atoms with Gasteiger partial charge in [0.15, 0.2) is 5.75 Å². The monoisotopic (exact) mass is 596 g/mol. The smallest absolute Gasteiger partial charge is 0.410 e. The maximum Gasteiger partial charge on any atom is 0.410 e. The van der Waals surface area contributed by atoms with Gasteiger partial charge in [0.2, 0.25) is 0 Å². The molecule has 4 aliphatic heterocycles. The minimum absolute atomic E-state index is 0.161. The van der Waals surface area contributed by atoms with Crippen molar-refractivity contribution in [2.24, 2.45) is 10.4 Å². The molecule has 0 aliphatic carbocycles. The van der Waals surface area contributed by atoms with E-state index in [-0.39, 0.29) is 11.5 Å². The molecule has 3 aromatic rings. The number of benzene rings is 2. The summed E-state index contributed by atoms with van der Waals surface area (Å²) in [5, 5.41) is 1.03. The normalized spacial score (nSPS) is 20.2. The van der Waals surface area contributed by atoms with Crippen LogP contribution in [0.4, 0.5) is 10.6 Å². The van der Waals surface area contributed by atoms with Crippen molar-refractivity contribution in [3.63, 3.8) is 0 Å². The minimum Gasteiger partial charge on any atom is -0.454 e. The Morgan fingerprint density at radius 2 is 1.75 bits per heavy atom. The van der Waals surface area contributed by atoms with E-state index in [1.807, 2.05) is 38.0 Å². The van der Waals surface area contributed by atoms with Crippen LogP contribution in [-0.4, -0.2) is 84.0 Å². The molecule has 9 heteroatoms. The predicted octanol–water partition coefficient (Wildman–Crippen LogP) is 6.31. The maximum atomic E-state index is 12.6. The number of anilines is 1. The molecule has 5 heterocycles. The molecule has 1 amide bonds. The van der Waals surface area contributed by atoms with E-state index in [1.54, 1.807) is 0 Å². The van der Waals surface area contributed by atoms with Gasteiger partial charge in [-0.05, 0) is 96.8 Å². The van der Waals surface area contributed by atoms with Crippen LogP contribution in [0.2, 0.25) is 0 Å². The fourth-order valence-corrected chi connectivity index (χ4v) is 7.14. The van der Waals surface area contributed by atoms with Crippen LogP contribution in [0.3, 0.4) is 0 Å². The summed E-state index contributed by atoms with van der Waals surface area (Å²) in [5.74, 6) is 3.87. The highest BCUT2D eigenvalue weighted by Gasteiger charge is 2.48. The summed E-state index contributed by atoms with van der Waals surface area (Å²) in [5.41, 5.74) is 3.90. The van der Waals surface area contributed by atoms with Crippen LogP contribution in [0.5, 0.6) is 11.5 Å². The Labute approximate surface area is 260 Å². The maximum absolute atomic E-state index is 12.6. The number of aryl methyl sites for hydroxylation is 1. The Kier molecular flexibility index (Phi) is 7.27. The average molecular weight is 597 g/mol. The molecule has 232 valence electrons. The lowest BCUT2D eigenvalue weighted by molar-refractivity contribution is -0.0434. The molecular weight excluding hydrogens is 552 g/mol. The van der Waals surface area contributed by atoms with E-state index in [9.17, 15) is 4.79 Å². The highest BCUT2D eigenvalue weighted by Crippen LogP contribution is 2.44. The fourth-order valence-electron chi connectivity index (χ4n) is 7.14. The Morgan fingerprint density at radius 3 is 2.48 bits per heavy atom. The SMILES string of the molecule is Cc1ccc2c(c1Oc1cccc3c(N4CCC5(CC4)CN(C(=O)OC(C)(C)C)C5)nc(C4CCN(C)CC4)nc13)C=NC2. The standard InChI is InChI=1S/C35H44N6O3/c1-23-9-10-25-19-36-20-27(25)30(23)43-28-8-6-7-26-29(28)37-31(24-11-15-39(5)16-12-24)38-32(26)40-17-13-35(14-18-40)21-41(22-35)33(42)44-34(2,3)4/h6-10,20,24H,11-19,21-22H2,1-5H3. The first-order valence-electron chi connectivity index (χ1n) is 16.1. The number of para-hydroxylation sites is 1. The quantitative estimate of drug-likeness (QED) is 0.349. The van der Waals surface area contributed by atoms with Gasteiger partial charge in [-0.25, -0.2) is 14.8 Å². The van der Waals surface area contributed by atoms with Crippen molar-refractivity contribution >= 4 is 29.0 Å². The Morgan fingerprint density at radius 1 is 1.00 bits per heavy atom. The molecule has 0 unspecified atom stereocenters. The lowest BCUT2D eigenvalue weighted by atomic mass is 9.72. The van der Waals surface area contributed by atoms with Crippen molar-refractivity contribution in [2.45, 2.75) is 71.4 Å². The molecular formula is C35H44N6O3. The van der Waals surface area contributed by atoms with Crippen LogP contribution in [0.1, 0.15) is 74.9 Å². The molecule has 9 nitrogen and oxygen atoms in total. The number of aromatic nitrogens is 2. The number of likely N-dealkylation sites (tertiary alicyclic amines) is 2. The third-order valence-electron chi connectivity index (χ3n) is 9.78. The van der Waals surface area contributed by atoms with Crippen LogP contribution >= 0.6 is 0 Å². The number of ether oxygens (including phenoxy) is 2.